The Balaban J connectivity index is 1.86. The zero-order chi connectivity index (χ0) is 13.5. The van der Waals surface area contributed by atoms with Crippen LogP contribution in [0.15, 0.2) is 43.0 Å². The van der Waals surface area contributed by atoms with Gasteiger partial charge >= 0.3 is 0 Å². The number of hydrogen-bond donors (Lipinski definition) is 1. The third-order valence-electron chi connectivity index (χ3n) is 3.61. The van der Waals surface area contributed by atoms with Crippen molar-refractivity contribution in [3.8, 4) is 5.82 Å². The van der Waals surface area contributed by atoms with E-state index in [0.29, 0.717) is 6.42 Å². The quantitative estimate of drug-likeness (QED) is 0.733. The summed E-state index contributed by atoms with van der Waals surface area (Å²) in [5.74, 6) is 0.850. The van der Waals surface area contributed by atoms with Crippen LogP contribution in [-0.2, 0) is 11.2 Å². The van der Waals surface area contributed by atoms with Gasteiger partial charge < -0.3 is 5.32 Å². The minimum Gasteiger partial charge on any atom is -0.326 e. The Morgan fingerprint density at radius 1 is 1.20 bits per heavy atom. The Hall–Kier alpha value is -2.69. The third kappa shape index (κ3) is 1.67. The second kappa shape index (κ2) is 4.16. The number of amides is 1. The van der Waals surface area contributed by atoms with Crippen molar-refractivity contribution >= 4 is 22.5 Å². The molecular weight excluding hydrogens is 252 g/mol. The number of aryl methyl sites for hydroxylation is 1. The third-order valence-corrected chi connectivity index (χ3v) is 3.61. The van der Waals surface area contributed by atoms with E-state index in [0.717, 1.165) is 34.4 Å². The summed E-state index contributed by atoms with van der Waals surface area (Å²) in [5, 5.41) is 4.02. The van der Waals surface area contributed by atoms with Crippen molar-refractivity contribution in [2.45, 2.75) is 12.8 Å². The molecule has 4 rings (SSSR count). The summed E-state index contributed by atoms with van der Waals surface area (Å²) in [5.41, 5.74) is 2.95. The van der Waals surface area contributed by atoms with E-state index in [9.17, 15) is 4.79 Å². The molecule has 5 nitrogen and oxygen atoms in total. The van der Waals surface area contributed by atoms with Gasteiger partial charge in [-0.2, -0.15) is 0 Å². The first-order valence-electron chi connectivity index (χ1n) is 6.51. The van der Waals surface area contributed by atoms with Crippen molar-refractivity contribution in [1.82, 2.24) is 14.5 Å². The number of pyridine rings is 2. The average Bonchev–Trinajstić information content (AvgIpc) is 2.90. The van der Waals surface area contributed by atoms with Gasteiger partial charge in [0.05, 0.1) is 11.7 Å². The first kappa shape index (κ1) is 11.2. The highest BCUT2D eigenvalue weighted by Crippen LogP contribution is 2.25. The van der Waals surface area contributed by atoms with Crippen LogP contribution in [-0.4, -0.2) is 20.4 Å². The van der Waals surface area contributed by atoms with Gasteiger partial charge in [-0.05, 0) is 24.1 Å². The molecule has 5 heteroatoms. The second-order valence-electron chi connectivity index (χ2n) is 4.87. The lowest BCUT2D eigenvalue weighted by Gasteiger charge is -2.17. The molecule has 0 radical (unpaired) electrons. The molecule has 98 valence electrons. The maximum Gasteiger partial charge on any atom is 0.224 e. The topological polar surface area (TPSA) is 59.8 Å². The first-order valence-corrected chi connectivity index (χ1v) is 6.51. The summed E-state index contributed by atoms with van der Waals surface area (Å²) >= 11 is 0. The van der Waals surface area contributed by atoms with Crippen LogP contribution in [0.4, 0.5) is 5.69 Å². The minimum atomic E-state index is 0.0636. The molecule has 4 heterocycles. The predicted octanol–water partition coefficient (Wildman–Crippen LogP) is 2.31. The predicted molar refractivity (Wildman–Crippen MR) is 75.8 cm³/mol. The zero-order valence-corrected chi connectivity index (χ0v) is 10.7. The number of carbonyl (C=O) groups is 1. The molecule has 0 saturated carbocycles. The van der Waals surface area contributed by atoms with Crippen LogP contribution >= 0.6 is 0 Å². The van der Waals surface area contributed by atoms with E-state index in [4.69, 9.17) is 0 Å². The van der Waals surface area contributed by atoms with Crippen LogP contribution in [0.3, 0.4) is 0 Å². The number of rotatable bonds is 1. The van der Waals surface area contributed by atoms with E-state index >= 15 is 0 Å². The molecule has 0 unspecified atom stereocenters. The summed E-state index contributed by atoms with van der Waals surface area (Å²) in [6.45, 7) is 0. The first-order chi connectivity index (χ1) is 9.81. The van der Waals surface area contributed by atoms with Crippen molar-refractivity contribution in [3.63, 3.8) is 0 Å². The molecule has 1 aliphatic rings. The summed E-state index contributed by atoms with van der Waals surface area (Å²) in [4.78, 5) is 20.1. The number of carbonyl (C=O) groups excluding carboxylic acids is 1. The van der Waals surface area contributed by atoms with E-state index in [-0.39, 0.29) is 5.91 Å². The van der Waals surface area contributed by atoms with Crippen LogP contribution in [0.2, 0.25) is 0 Å². The van der Waals surface area contributed by atoms with E-state index in [1.807, 2.05) is 41.4 Å². The Labute approximate surface area is 115 Å². The van der Waals surface area contributed by atoms with Gasteiger partial charge in [-0.3, -0.25) is 14.3 Å². The van der Waals surface area contributed by atoms with Crippen LogP contribution in [0.1, 0.15) is 12.0 Å². The average molecular weight is 264 g/mol. The van der Waals surface area contributed by atoms with Crippen LogP contribution in [0.25, 0.3) is 16.7 Å². The van der Waals surface area contributed by atoms with Gasteiger partial charge in [0.25, 0.3) is 0 Å². The Morgan fingerprint density at radius 2 is 2.15 bits per heavy atom. The number of anilines is 1. The van der Waals surface area contributed by atoms with Crippen LogP contribution < -0.4 is 5.32 Å². The van der Waals surface area contributed by atoms with Crippen LogP contribution in [0.5, 0.6) is 0 Å². The van der Waals surface area contributed by atoms with Crippen molar-refractivity contribution in [2.75, 3.05) is 5.32 Å². The van der Waals surface area contributed by atoms with Gasteiger partial charge in [0.2, 0.25) is 5.91 Å². The molecule has 20 heavy (non-hydrogen) atoms. The fourth-order valence-electron chi connectivity index (χ4n) is 2.55. The lowest BCUT2D eigenvalue weighted by atomic mass is 10.1. The molecule has 1 amide bonds. The van der Waals surface area contributed by atoms with Gasteiger partial charge in [0.1, 0.15) is 5.82 Å². The molecule has 0 atom stereocenters. The van der Waals surface area contributed by atoms with E-state index in [1.165, 1.54) is 0 Å². The van der Waals surface area contributed by atoms with Gasteiger partial charge in [0, 0.05) is 42.2 Å². The number of hydrogen-bond acceptors (Lipinski definition) is 3. The molecule has 1 aliphatic heterocycles. The Bertz CT molecular complexity index is 822. The van der Waals surface area contributed by atoms with E-state index in [1.54, 1.807) is 6.20 Å². The largest absolute Gasteiger partial charge is 0.326 e. The van der Waals surface area contributed by atoms with Gasteiger partial charge in [-0.15, -0.1) is 0 Å². The molecular formula is C15H12N4O. The van der Waals surface area contributed by atoms with Crippen molar-refractivity contribution < 1.29 is 4.79 Å². The van der Waals surface area contributed by atoms with Gasteiger partial charge in [-0.1, -0.05) is 0 Å². The summed E-state index contributed by atoms with van der Waals surface area (Å²) in [6.07, 6.45) is 8.67. The second-order valence-corrected chi connectivity index (χ2v) is 4.87. The highest BCUT2D eigenvalue weighted by atomic mass is 16.1. The van der Waals surface area contributed by atoms with E-state index in [2.05, 4.69) is 15.3 Å². The molecule has 0 saturated heterocycles. The minimum absolute atomic E-state index is 0.0636. The lowest BCUT2D eigenvalue weighted by molar-refractivity contribution is -0.116. The number of nitrogens with one attached hydrogen (secondary N) is 1. The molecule has 3 aromatic heterocycles. The Kier molecular flexibility index (Phi) is 2.32. The van der Waals surface area contributed by atoms with Crippen molar-refractivity contribution in [2.24, 2.45) is 0 Å². The number of fused-ring (bicyclic) bond motifs is 2. The summed E-state index contributed by atoms with van der Waals surface area (Å²) in [6, 6.07) is 5.90. The van der Waals surface area contributed by atoms with Crippen LogP contribution in [0, 0.1) is 0 Å². The van der Waals surface area contributed by atoms with Crippen molar-refractivity contribution in [1.29, 1.82) is 0 Å². The maximum absolute atomic E-state index is 11.5. The SMILES string of the molecule is O=C1CCc2cnc(-n3ccc4ccncc43)cc2N1. The molecule has 0 bridgehead atoms. The molecule has 0 aromatic carbocycles. The summed E-state index contributed by atoms with van der Waals surface area (Å²) in [7, 11) is 0. The molecule has 0 spiro atoms. The van der Waals surface area contributed by atoms with Crippen molar-refractivity contribution in [3.05, 3.63) is 48.5 Å². The number of nitrogens with zero attached hydrogens (tertiary/aromatic N) is 3. The molecule has 0 fully saturated rings. The van der Waals surface area contributed by atoms with Gasteiger partial charge in [-0.25, -0.2) is 4.98 Å². The molecule has 1 N–H and O–H groups in total. The van der Waals surface area contributed by atoms with E-state index < -0.39 is 0 Å². The standard InChI is InChI=1S/C15H12N4O/c20-15-2-1-11-8-17-14(7-12(11)18-15)19-6-4-10-3-5-16-9-13(10)19/h3-9H,1-2H2,(H,18,20). The molecule has 3 aromatic rings. The lowest BCUT2D eigenvalue weighted by Crippen LogP contribution is -2.19. The highest BCUT2D eigenvalue weighted by molar-refractivity contribution is 5.94. The zero-order valence-electron chi connectivity index (χ0n) is 10.7. The van der Waals surface area contributed by atoms with Gasteiger partial charge in [0.15, 0.2) is 0 Å². The normalized spacial score (nSPS) is 14.1. The Morgan fingerprint density at radius 3 is 3.10 bits per heavy atom. The summed E-state index contributed by atoms with van der Waals surface area (Å²) < 4.78 is 1.98. The smallest absolute Gasteiger partial charge is 0.224 e. The maximum atomic E-state index is 11.5. The highest BCUT2D eigenvalue weighted by Gasteiger charge is 2.16. The molecule has 0 aliphatic carbocycles. The fourth-order valence-corrected chi connectivity index (χ4v) is 2.55. The fraction of sp³-hybridized carbons (Fsp3) is 0.133. The number of aromatic nitrogens is 3. The monoisotopic (exact) mass is 264 g/mol.